The van der Waals surface area contributed by atoms with Crippen LogP contribution in [0.2, 0.25) is 5.02 Å². The normalized spacial score (nSPS) is 23.6. The maximum atomic E-state index is 12.0. The molecule has 12 nitrogen and oxygen atoms in total. The fourth-order valence-corrected chi connectivity index (χ4v) is 6.45. The number of rotatable bonds is 11. The molecule has 45 heavy (non-hydrogen) atoms. The molecule has 244 valence electrons. The van der Waals surface area contributed by atoms with Gasteiger partial charge in [-0.3, -0.25) is 4.57 Å². The number of halogens is 1. The number of piperidine rings is 1. The van der Waals surface area contributed by atoms with Gasteiger partial charge < -0.3 is 39.0 Å². The number of carbonyl (C=O) groups is 1. The van der Waals surface area contributed by atoms with Crippen LogP contribution in [-0.2, 0) is 37.4 Å². The minimum Gasteiger partial charge on any atom is -0.456 e. The molecule has 2 aromatic heterocycles. The first-order valence-electron chi connectivity index (χ1n) is 15.4. The zero-order chi connectivity index (χ0) is 31.5. The number of amides is 1. The first kappa shape index (κ1) is 32.1. The fraction of sp³-hybridized carbons (Fsp3) is 0.581. The summed E-state index contributed by atoms with van der Waals surface area (Å²) in [7, 11) is 0. The number of hydrogen-bond donors (Lipinski definition) is 2. The van der Waals surface area contributed by atoms with Crippen LogP contribution in [0.1, 0.15) is 26.7 Å². The molecule has 1 unspecified atom stereocenters. The molecule has 0 radical (unpaired) electrons. The van der Waals surface area contributed by atoms with Crippen LogP contribution < -0.4 is 15.0 Å². The van der Waals surface area contributed by atoms with Gasteiger partial charge in [-0.25, -0.2) is 9.78 Å². The minimum absolute atomic E-state index is 0.0484. The number of hydrogen-bond acceptors (Lipinski definition) is 10. The largest absolute Gasteiger partial charge is 0.456 e. The molecule has 1 aromatic carbocycles. The van der Waals surface area contributed by atoms with E-state index < -0.39 is 18.3 Å². The van der Waals surface area contributed by atoms with E-state index in [-0.39, 0.29) is 44.3 Å². The summed E-state index contributed by atoms with van der Waals surface area (Å²) in [6, 6.07) is 10.3. The lowest BCUT2D eigenvalue weighted by molar-refractivity contribution is 0.00344. The van der Waals surface area contributed by atoms with Gasteiger partial charge in [-0.2, -0.15) is 4.98 Å². The van der Waals surface area contributed by atoms with Crippen molar-refractivity contribution >= 4 is 46.3 Å². The third-order valence-corrected chi connectivity index (χ3v) is 9.10. The highest BCUT2D eigenvalue weighted by Gasteiger charge is 2.49. The molecule has 0 bridgehead atoms. The van der Waals surface area contributed by atoms with E-state index >= 15 is 0 Å². The number of imidazole rings is 1. The lowest BCUT2D eigenvalue weighted by atomic mass is 10.1. The molecule has 3 aromatic rings. The molecule has 14 heteroatoms. The van der Waals surface area contributed by atoms with Crippen LogP contribution >= 0.6 is 11.6 Å². The number of ether oxygens (including phenoxy) is 5. The van der Waals surface area contributed by atoms with Crippen LogP contribution in [0, 0.1) is 0 Å². The third kappa shape index (κ3) is 7.28. The second-order valence-corrected chi connectivity index (χ2v) is 13.3. The Balaban J connectivity index is 1.18. The van der Waals surface area contributed by atoms with Gasteiger partial charge in [0.2, 0.25) is 0 Å². The van der Waals surface area contributed by atoms with Gasteiger partial charge in [0, 0.05) is 43.2 Å². The number of pyridine rings is 1. The maximum Gasteiger partial charge on any atom is 0.407 e. The van der Waals surface area contributed by atoms with E-state index in [4.69, 9.17) is 45.3 Å². The number of aliphatic hydroxyl groups excluding tert-OH is 1. The Morgan fingerprint density at radius 3 is 2.64 bits per heavy atom. The smallest absolute Gasteiger partial charge is 0.407 e. The summed E-state index contributed by atoms with van der Waals surface area (Å²) in [6.07, 6.45) is 1.31. The van der Waals surface area contributed by atoms with Crippen molar-refractivity contribution in [2.45, 2.75) is 70.0 Å². The molecule has 1 amide bonds. The Morgan fingerprint density at radius 2 is 1.91 bits per heavy atom. The van der Waals surface area contributed by atoms with E-state index in [1.54, 1.807) is 6.07 Å². The predicted molar refractivity (Wildman–Crippen MR) is 173 cm³/mol. The number of alkyl carbamates (subject to hydrolysis) is 1. The first-order chi connectivity index (χ1) is 21.8. The van der Waals surface area contributed by atoms with Crippen LogP contribution in [0.4, 0.5) is 10.5 Å². The summed E-state index contributed by atoms with van der Waals surface area (Å²) in [6.45, 7) is 6.71. The second-order valence-electron chi connectivity index (χ2n) is 11.8. The number of nitrogens with zero attached hydrogens (tertiary/aromatic N) is 4. The summed E-state index contributed by atoms with van der Waals surface area (Å²) < 4.78 is 31.2. The minimum atomic E-state index is -0.669. The highest BCUT2D eigenvalue weighted by molar-refractivity contribution is 7.77. The average molecular weight is 663 g/mol. The number of aliphatic hydroxyl groups is 1. The summed E-state index contributed by atoms with van der Waals surface area (Å²) in [4.78, 5) is 23.9. The van der Waals surface area contributed by atoms with E-state index in [1.807, 2.05) is 30.5 Å². The zero-order valence-corrected chi connectivity index (χ0v) is 27.4. The Hall–Kier alpha value is -2.81. The average Bonchev–Trinajstić information content (AvgIpc) is 3.69. The second kappa shape index (κ2) is 14.3. The third-order valence-electron chi connectivity index (χ3n) is 8.19. The van der Waals surface area contributed by atoms with Crippen molar-refractivity contribution in [2.75, 3.05) is 49.8 Å². The monoisotopic (exact) mass is 662 g/mol. The lowest BCUT2D eigenvalue weighted by Crippen LogP contribution is -2.40. The van der Waals surface area contributed by atoms with Gasteiger partial charge >= 0.3 is 12.1 Å². The molecule has 3 aliphatic heterocycles. The number of fused-ring (bicyclic) bond motifs is 2. The Kier molecular flexibility index (Phi) is 10.2. The molecule has 3 saturated heterocycles. The molecule has 0 aliphatic carbocycles. The van der Waals surface area contributed by atoms with E-state index in [1.165, 1.54) is 11.8 Å². The number of benzene rings is 1. The number of anilines is 1. The maximum absolute atomic E-state index is 12.0. The highest BCUT2D eigenvalue weighted by Crippen LogP contribution is 2.35. The van der Waals surface area contributed by atoms with Crippen LogP contribution in [0.15, 0.2) is 30.3 Å². The van der Waals surface area contributed by atoms with Gasteiger partial charge in [0.05, 0.1) is 36.8 Å². The van der Waals surface area contributed by atoms with Crippen LogP contribution in [-0.4, -0.2) is 107 Å². The molecule has 2 N–H and O–H groups in total. The molecule has 0 saturated carbocycles. The van der Waals surface area contributed by atoms with Gasteiger partial charge in [0.15, 0.2) is 11.8 Å². The van der Waals surface area contributed by atoms with Crippen molar-refractivity contribution in [2.24, 2.45) is 0 Å². The molecule has 4 atom stereocenters. The Labute approximate surface area is 271 Å². The van der Waals surface area contributed by atoms with Crippen LogP contribution in [0.3, 0.4) is 0 Å². The SMILES string of the molecule is C[SH+]CCOCn1c(O[C@@H]2CO[C@@H]3C(O)CO[C@@H]32)nc2cc(Cl)c(-c3ccc(N4CCC(OC(=O)NC(C)C)CC4)cc3)nc21. The van der Waals surface area contributed by atoms with Crippen molar-refractivity contribution in [1.29, 1.82) is 0 Å². The van der Waals surface area contributed by atoms with Crippen LogP contribution in [0.5, 0.6) is 6.01 Å². The molecule has 0 spiro atoms. The number of thiol groups is 1. The van der Waals surface area contributed by atoms with Crippen molar-refractivity contribution in [3.8, 4) is 17.3 Å². The molecule has 3 aliphatic rings. The lowest BCUT2D eigenvalue weighted by Gasteiger charge is -2.33. The Morgan fingerprint density at radius 1 is 1.16 bits per heavy atom. The molecule has 5 heterocycles. The Bertz CT molecular complexity index is 1470. The molecular formula is C31H41ClN5O7S+. The molecule has 6 rings (SSSR count). The standard InChI is InChI=1S/C31H40ClN5O7S/c1-18(2)33-31(39)43-21-8-10-36(11-9-21)20-6-4-19(5-7-20)26-22(32)14-23-29(35-26)37(17-40-12-13-45-3)30(34-23)44-25-16-42-27-24(38)15-41-28(25)27/h4-7,14,18,21,24-25,27-28,38H,8-13,15-17H2,1-3H3,(H,33,39)/p+1/t24?,25-,27-,28-/m1/s1. The van der Waals surface area contributed by atoms with Gasteiger partial charge in [0.25, 0.3) is 0 Å². The predicted octanol–water partition coefficient (Wildman–Crippen LogP) is 3.18. The summed E-state index contributed by atoms with van der Waals surface area (Å²) in [5.74, 6) is 0.907. The molecular weight excluding hydrogens is 622 g/mol. The van der Waals surface area contributed by atoms with Crippen molar-refractivity contribution < 1.29 is 33.6 Å². The van der Waals surface area contributed by atoms with E-state index in [2.05, 4.69) is 28.6 Å². The van der Waals surface area contributed by atoms with Crippen LogP contribution in [0.25, 0.3) is 22.4 Å². The van der Waals surface area contributed by atoms with Gasteiger partial charge in [0.1, 0.15) is 42.4 Å². The number of aromatic nitrogens is 3. The van der Waals surface area contributed by atoms with Crippen molar-refractivity contribution in [3.63, 3.8) is 0 Å². The fourth-order valence-electron chi connectivity index (χ4n) is 5.89. The van der Waals surface area contributed by atoms with E-state index in [0.717, 1.165) is 42.9 Å². The highest BCUT2D eigenvalue weighted by atomic mass is 35.5. The number of carbonyl (C=O) groups excluding carboxylic acids is 1. The summed E-state index contributed by atoms with van der Waals surface area (Å²) in [5.41, 5.74) is 3.76. The van der Waals surface area contributed by atoms with E-state index in [0.29, 0.717) is 34.5 Å². The van der Waals surface area contributed by atoms with Crippen molar-refractivity contribution in [1.82, 2.24) is 19.9 Å². The first-order valence-corrected chi connectivity index (χ1v) is 17.3. The summed E-state index contributed by atoms with van der Waals surface area (Å²) >= 11 is 8.02. The van der Waals surface area contributed by atoms with E-state index in [9.17, 15) is 9.90 Å². The van der Waals surface area contributed by atoms with Gasteiger partial charge in [-0.15, -0.1) is 0 Å². The number of nitrogens with one attached hydrogen (secondary N) is 1. The topological polar surface area (TPSA) is 129 Å². The summed E-state index contributed by atoms with van der Waals surface area (Å²) in [5, 5.41) is 13.4. The van der Waals surface area contributed by atoms with Gasteiger partial charge in [-0.1, -0.05) is 23.7 Å². The quantitative estimate of drug-likeness (QED) is 0.179. The van der Waals surface area contributed by atoms with Crippen molar-refractivity contribution in [3.05, 3.63) is 35.4 Å². The molecule has 3 fully saturated rings. The van der Waals surface area contributed by atoms with Gasteiger partial charge in [-0.05, 0) is 43.8 Å². The zero-order valence-electron chi connectivity index (χ0n) is 25.7.